The minimum atomic E-state index is 0.271. The third-order valence-electron chi connectivity index (χ3n) is 2.45. The van der Waals surface area contributed by atoms with E-state index in [0.29, 0.717) is 12.3 Å². The number of hydrogen-bond acceptors (Lipinski definition) is 3. The summed E-state index contributed by atoms with van der Waals surface area (Å²) < 4.78 is 5.59. The van der Waals surface area contributed by atoms with Crippen LogP contribution in [0.5, 0.6) is 0 Å². The van der Waals surface area contributed by atoms with E-state index >= 15 is 0 Å². The SMILES string of the molecule is CC(C)CN1CCO[C@H](CCC=O)C1. The molecule has 0 aromatic rings. The third kappa shape index (κ3) is 4.20. The topological polar surface area (TPSA) is 29.5 Å². The minimum absolute atomic E-state index is 0.271. The molecule has 1 heterocycles. The molecule has 1 fully saturated rings. The van der Waals surface area contributed by atoms with Crippen LogP contribution >= 0.6 is 0 Å². The van der Waals surface area contributed by atoms with E-state index in [1.807, 2.05) is 0 Å². The lowest BCUT2D eigenvalue weighted by molar-refractivity contribution is -0.109. The summed E-state index contributed by atoms with van der Waals surface area (Å²) in [6.07, 6.45) is 2.75. The summed E-state index contributed by atoms with van der Waals surface area (Å²) in [7, 11) is 0. The van der Waals surface area contributed by atoms with Crippen molar-refractivity contribution in [2.75, 3.05) is 26.2 Å². The second kappa shape index (κ2) is 6.14. The van der Waals surface area contributed by atoms with Crippen molar-refractivity contribution in [3.05, 3.63) is 0 Å². The average molecular weight is 199 g/mol. The molecule has 1 aliphatic rings. The molecule has 0 unspecified atom stereocenters. The number of aldehydes is 1. The Morgan fingerprint density at radius 1 is 1.57 bits per heavy atom. The van der Waals surface area contributed by atoms with Crippen molar-refractivity contribution >= 4 is 6.29 Å². The van der Waals surface area contributed by atoms with Crippen molar-refractivity contribution in [3.63, 3.8) is 0 Å². The van der Waals surface area contributed by atoms with Crippen LogP contribution in [-0.2, 0) is 9.53 Å². The molecule has 1 atom stereocenters. The lowest BCUT2D eigenvalue weighted by atomic mass is 10.1. The molecule has 3 nitrogen and oxygen atoms in total. The molecule has 0 saturated carbocycles. The Hall–Kier alpha value is -0.410. The van der Waals surface area contributed by atoms with Crippen molar-refractivity contribution in [1.29, 1.82) is 0 Å². The monoisotopic (exact) mass is 199 g/mol. The maximum atomic E-state index is 10.2. The second-order valence-electron chi connectivity index (χ2n) is 4.39. The standard InChI is InChI=1S/C11H21NO2/c1-10(2)8-12-5-7-14-11(9-12)4-3-6-13/h6,10-11H,3-5,7-9H2,1-2H3/t11-/m1/s1. The summed E-state index contributed by atoms with van der Waals surface area (Å²) in [5.74, 6) is 0.708. The van der Waals surface area contributed by atoms with E-state index in [1.54, 1.807) is 0 Å². The normalized spacial score (nSPS) is 24.1. The molecule has 0 spiro atoms. The number of rotatable bonds is 5. The number of carbonyl (C=O) groups is 1. The molecule has 0 N–H and O–H groups in total. The van der Waals surface area contributed by atoms with Gasteiger partial charge in [-0.05, 0) is 12.3 Å². The van der Waals surface area contributed by atoms with Gasteiger partial charge >= 0.3 is 0 Å². The molecule has 0 bridgehead atoms. The van der Waals surface area contributed by atoms with Gasteiger partial charge in [0.2, 0.25) is 0 Å². The fourth-order valence-corrected chi connectivity index (χ4v) is 1.89. The van der Waals surface area contributed by atoms with Crippen LogP contribution in [0.4, 0.5) is 0 Å². The lowest BCUT2D eigenvalue weighted by Gasteiger charge is -2.33. The van der Waals surface area contributed by atoms with Crippen molar-refractivity contribution in [3.8, 4) is 0 Å². The Balaban J connectivity index is 2.24. The van der Waals surface area contributed by atoms with Gasteiger partial charge < -0.3 is 9.53 Å². The molecule has 0 radical (unpaired) electrons. The molecule has 0 aromatic heterocycles. The average Bonchev–Trinajstić information content (AvgIpc) is 2.14. The predicted molar refractivity (Wildman–Crippen MR) is 56.3 cm³/mol. The summed E-state index contributed by atoms with van der Waals surface area (Å²) in [6.45, 7) is 8.45. The molecular formula is C11H21NO2. The Morgan fingerprint density at radius 3 is 3.00 bits per heavy atom. The first kappa shape index (κ1) is 11.7. The van der Waals surface area contributed by atoms with Crippen LogP contribution < -0.4 is 0 Å². The highest BCUT2D eigenvalue weighted by Crippen LogP contribution is 2.11. The number of ether oxygens (including phenoxy) is 1. The summed E-state index contributed by atoms with van der Waals surface area (Å²) in [5.41, 5.74) is 0. The van der Waals surface area contributed by atoms with Crippen LogP contribution in [0.1, 0.15) is 26.7 Å². The highest BCUT2D eigenvalue weighted by molar-refractivity contribution is 5.49. The van der Waals surface area contributed by atoms with Crippen LogP contribution in [0.25, 0.3) is 0 Å². The molecule has 0 aromatic carbocycles. The maximum absolute atomic E-state index is 10.2. The van der Waals surface area contributed by atoms with Crippen LogP contribution in [0, 0.1) is 5.92 Å². The number of carbonyl (C=O) groups excluding carboxylic acids is 1. The van der Waals surface area contributed by atoms with Gasteiger partial charge in [0.05, 0.1) is 12.7 Å². The largest absolute Gasteiger partial charge is 0.376 e. The van der Waals surface area contributed by atoms with Crippen LogP contribution in [0.15, 0.2) is 0 Å². The molecular weight excluding hydrogens is 178 g/mol. The number of nitrogens with zero attached hydrogens (tertiary/aromatic N) is 1. The van der Waals surface area contributed by atoms with Gasteiger partial charge in [0.25, 0.3) is 0 Å². The lowest BCUT2D eigenvalue weighted by Crippen LogP contribution is -2.43. The zero-order chi connectivity index (χ0) is 10.4. The third-order valence-corrected chi connectivity index (χ3v) is 2.45. The van der Waals surface area contributed by atoms with E-state index in [1.165, 1.54) is 0 Å². The molecule has 0 amide bonds. The molecule has 0 aliphatic carbocycles. The maximum Gasteiger partial charge on any atom is 0.120 e. The second-order valence-corrected chi connectivity index (χ2v) is 4.39. The highest BCUT2D eigenvalue weighted by Gasteiger charge is 2.20. The smallest absolute Gasteiger partial charge is 0.120 e. The molecule has 1 saturated heterocycles. The molecule has 1 aliphatic heterocycles. The number of morpholine rings is 1. The highest BCUT2D eigenvalue weighted by atomic mass is 16.5. The van der Waals surface area contributed by atoms with Gasteiger partial charge in [-0.1, -0.05) is 13.8 Å². The van der Waals surface area contributed by atoms with Crippen LogP contribution in [0.3, 0.4) is 0 Å². The summed E-state index contributed by atoms with van der Waals surface area (Å²) in [4.78, 5) is 12.7. The Labute approximate surface area is 86.4 Å². The van der Waals surface area contributed by atoms with Gasteiger partial charge in [-0.3, -0.25) is 4.90 Å². The van der Waals surface area contributed by atoms with Crippen LogP contribution in [0.2, 0.25) is 0 Å². The van der Waals surface area contributed by atoms with E-state index in [0.717, 1.165) is 38.9 Å². The van der Waals surface area contributed by atoms with Crippen LogP contribution in [-0.4, -0.2) is 43.5 Å². The first-order chi connectivity index (χ1) is 6.72. The van der Waals surface area contributed by atoms with Gasteiger partial charge in [-0.2, -0.15) is 0 Å². The molecule has 1 rings (SSSR count). The van der Waals surface area contributed by atoms with Gasteiger partial charge in [0, 0.05) is 26.1 Å². The van der Waals surface area contributed by atoms with Crippen molar-refractivity contribution in [2.24, 2.45) is 5.92 Å². The summed E-state index contributed by atoms with van der Waals surface area (Å²) in [6, 6.07) is 0. The van der Waals surface area contributed by atoms with Crippen molar-refractivity contribution < 1.29 is 9.53 Å². The quantitative estimate of drug-likeness (QED) is 0.625. The number of hydrogen-bond donors (Lipinski definition) is 0. The molecule has 3 heteroatoms. The minimum Gasteiger partial charge on any atom is -0.376 e. The first-order valence-electron chi connectivity index (χ1n) is 5.50. The zero-order valence-corrected chi connectivity index (χ0v) is 9.24. The van der Waals surface area contributed by atoms with E-state index < -0.39 is 0 Å². The van der Waals surface area contributed by atoms with Gasteiger partial charge in [-0.25, -0.2) is 0 Å². The van der Waals surface area contributed by atoms with Crippen molar-refractivity contribution in [2.45, 2.75) is 32.8 Å². The van der Waals surface area contributed by atoms with Gasteiger partial charge in [0.15, 0.2) is 0 Å². The molecule has 82 valence electrons. The Morgan fingerprint density at radius 2 is 2.36 bits per heavy atom. The first-order valence-corrected chi connectivity index (χ1v) is 5.50. The van der Waals surface area contributed by atoms with E-state index in [2.05, 4.69) is 18.7 Å². The van der Waals surface area contributed by atoms with Gasteiger partial charge in [0.1, 0.15) is 6.29 Å². The fraction of sp³-hybridized carbons (Fsp3) is 0.909. The zero-order valence-electron chi connectivity index (χ0n) is 9.24. The van der Waals surface area contributed by atoms with E-state index in [9.17, 15) is 4.79 Å². The van der Waals surface area contributed by atoms with Crippen molar-refractivity contribution in [1.82, 2.24) is 4.90 Å². The summed E-state index contributed by atoms with van der Waals surface area (Å²) in [5, 5.41) is 0. The van der Waals surface area contributed by atoms with E-state index in [-0.39, 0.29) is 6.10 Å². The fourth-order valence-electron chi connectivity index (χ4n) is 1.89. The summed E-state index contributed by atoms with van der Waals surface area (Å²) >= 11 is 0. The molecule has 14 heavy (non-hydrogen) atoms. The predicted octanol–water partition coefficient (Wildman–Crippen LogP) is 1.32. The Bertz CT molecular complexity index is 171. The van der Waals surface area contributed by atoms with E-state index in [4.69, 9.17) is 4.74 Å². The van der Waals surface area contributed by atoms with Gasteiger partial charge in [-0.15, -0.1) is 0 Å². The Kier molecular flexibility index (Phi) is 5.12.